The molecule has 1 fully saturated rings. The lowest BCUT2D eigenvalue weighted by Gasteiger charge is -2.21. The highest BCUT2D eigenvalue weighted by Gasteiger charge is 2.24. The zero-order valence-corrected chi connectivity index (χ0v) is 11.4. The monoisotopic (exact) mass is 269 g/mol. The van der Waals surface area contributed by atoms with Crippen molar-refractivity contribution in [3.8, 4) is 0 Å². The topological polar surface area (TPSA) is 25.0 Å². The molecule has 0 saturated carbocycles. The van der Waals surface area contributed by atoms with Crippen LogP contribution in [0.25, 0.3) is 0 Å². The minimum Gasteiger partial charge on any atom is -0.371 e. The smallest absolute Gasteiger partial charge is 0.106 e. The van der Waals surface area contributed by atoms with E-state index in [2.05, 4.69) is 48.5 Å². The summed E-state index contributed by atoms with van der Waals surface area (Å²) in [7, 11) is 0. The van der Waals surface area contributed by atoms with Crippen molar-refractivity contribution < 1.29 is 9.57 Å². The lowest BCUT2D eigenvalue weighted by atomic mass is 10.2. The zero-order valence-electron chi connectivity index (χ0n) is 11.4. The third kappa shape index (κ3) is 4.17. The Bertz CT molecular complexity index is 470. The van der Waals surface area contributed by atoms with E-state index in [4.69, 9.17) is 9.57 Å². The lowest BCUT2D eigenvalue weighted by molar-refractivity contribution is -0.177. The minimum atomic E-state index is 0.282. The van der Waals surface area contributed by atoms with Crippen LogP contribution < -0.4 is 0 Å². The average Bonchev–Trinajstić information content (AvgIpc) is 3.31. The molecule has 1 unspecified atom stereocenters. The van der Waals surface area contributed by atoms with Crippen LogP contribution in [-0.2, 0) is 22.7 Å². The Morgan fingerprint density at radius 2 is 1.40 bits per heavy atom. The molecule has 3 rings (SSSR count). The van der Waals surface area contributed by atoms with E-state index in [1.165, 1.54) is 11.1 Å². The van der Waals surface area contributed by atoms with Crippen LogP contribution in [0.2, 0.25) is 0 Å². The first kappa shape index (κ1) is 13.3. The van der Waals surface area contributed by atoms with Crippen LogP contribution in [0.4, 0.5) is 0 Å². The Morgan fingerprint density at radius 1 is 0.900 bits per heavy atom. The van der Waals surface area contributed by atoms with Gasteiger partial charge in [0, 0.05) is 13.1 Å². The van der Waals surface area contributed by atoms with E-state index in [1.54, 1.807) is 0 Å². The van der Waals surface area contributed by atoms with Gasteiger partial charge in [0.05, 0.1) is 13.2 Å². The van der Waals surface area contributed by atoms with E-state index in [9.17, 15) is 0 Å². The van der Waals surface area contributed by atoms with E-state index >= 15 is 0 Å². The maximum Gasteiger partial charge on any atom is 0.106 e. The van der Waals surface area contributed by atoms with Crippen LogP contribution >= 0.6 is 0 Å². The average molecular weight is 269 g/mol. The van der Waals surface area contributed by atoms with Gasteiger partial charge in [0.2, 0.25) is 0 Å². The molecule has 1 aliphatic rings. The first-order chi connectivity index (χ1) is 9.90. The molecule has 3 heteroatoms. The fourth-order valence-electron chi connectivity index (χ4n) is 2.07. The van der Waals surface area contributed by atoms with E-state index in [0.29, 0.717) is 6.61 Å². The molecule has 1 aliphatic heterocycles. The second-order valence-corrected chi connectivity index (χ2v) is 5.02. The molecule has 1 atom stereocenters. The number of hydroxylamine groups is 2. The summed E-state index contributed by atoms with van der Waals surface area (Å²) in [4.78, 5) is 5.88. The summed E-state index contributed by atoms with van der Waals surface area (Å²) in [6.45, 7) is 3.02. The van der Waals surface area contributed by atoms with Gasteiger partial charge in [-0.2, -0.15) is 5.06 Å². The van der Waals surface area contributed by atoms with Gasteiger partial charge in [-0.25, -0.2) is 0 Å². The van der Waals surface area contributed by atoms with Crippen LogP contribution in [0.15, 0.2) is 60.7 Å². The largest absolute Gasteiger partial charge is 0.371 e. The molecule has 0 aliphatic carbocycles. The minimum absolute atomic E-state index is 0.282. The Kier molecular flexibility index (Phi) is 4.43. The number of hydrogen-bond donors (Lipinski definition) is 0. The van der Waals surface area contributed by atoms with Crippen molar-refractivity contribution in [3.05, 3.63) is 71.8 Å². The molecule has 0 spiro atoms. The number of nitrogens with zero attached hydrogens (tertiary/aromatic N) is 1. The molecule has 2 aromatic rings. The molecular formula is C17H19NO2. The van der Waals surface area contributed by atoms with Gasteiger partial charge in [-0.3, -0.25) is 4.84 Å². The molecule has 2 aromatic carbocycles. The number of benzene rings is 2. The maximum atomic E-state index is 5.88. The SMILES string of the molecule is c1ccc(CN(Cc2ccccc2)OCC2CO2)cc1. The van der Waals surface area contributed by atoms with Gasteiger partial charge >= 0.3 is 0 Å². The summed E-state index contributed by atoms with van der Waals surface area (Å²) in [5, 5.41) is 2.01. The maximum absolute atomic E-state index is 5.88. The summed E-state index contributed by atoms with van der Waals surface area (Å²) < 4.78 is 5.21. The number of ether oxygens (including phenoxy) is 1. The summed E-state index contributed by atoms with van der Waals surface area (Å²) in [5.74, 6) is 0. The molecule has 20 heavy (non-hydrogen) atoms. The highest BCUT2D eigenvalue weighted by Crippen LogP contribution is 2.14. The number of epoxide rings is 1. The third-order valence-electron chi connectivity index (χ3n) is 3.25. The molecule has 0 N–H and O–H groups in total. The molecule has 1 heterocycles. The van der Waals surface area contributed by atoms with Crippen molar-refractivity contribution in [2.75, 3.05) is 13.2 Å². The first-order valence-corrected chi connectivity index (χ1v) is 6.97. The van der Waals surface area contributed by atoms with Crippen LogP contribution in [0.1, 0.15) is 11.1 Å². The number of rotatable bonds is 7. The Hall–Kier alpha value is -1.68. The van der Waals surface area contributed by atoms with Crippen LogP contribution in [0, 0.1) is 0 Å². The fraction of sp³-hybridized carbons (Fsp3) is 0.294. The Morgan fingerprint density at radius 3 is 1.85 bits per heavy atom. The predicted octanol–water partition coefficient (Wildman–Crippen LogP) is 3.02. The normalized spacial score (nSPS) is 17.4. The van der Waals surface area contributed by atoms with Crippen molar-refractivity contribution in [1.82, 2.24) is 5.06 Å². The third-order valence-corrected chi connectivity index (χ3v) is 3.25. The molecule has 0 radical (unpaired) electrons. The van der Waals surface area contributed by atoms with Crippen molar-refractivity contribution in [2.45, 2.75) is 19.2 Å². The molecule has 0 amide bonds. The molecule has 0 aromatic heterocycles. The van der Waals surface area contributed by atoms with Gasteiger partial charge in [0.25, 0.3) is 0 Å². The first-order valence-electron chi connectivity index (χ1n) is 6.97. The van der Waals surface area contributed by atoms with Gasteiger partial charge in [0.1, 0.15) is 6.10 Å². The van der Waals surface area contributed by atoms with Crippen LogP contribution in [0.5, 0.6) is 0 Å². The predicted molar refractivity (Wildman–Crippen MR) is 77.8 cm³/mol. The fourth-order valence-corrected chi connectivity index (χ4v) is 2.07. The van der Waals surface area contributed by atoms with Crippen molar-refractivity contribution in [1.29, 1.82) is 0 Å². The zero-order chi connectivity index (χ0) is 13.6. The Labute approximate surface area is 119 Å². The summed E-state index contributed by atoms with van der Waals surface area (Å²) in [6, 6.07) is 20.8. The van der Waals surface area contributed by atoms with E-state index in [1.807, 2.05) is 17.2 Å². The summed E-state index contributed by atoms with van der Waals surface area (Å²) in [5.41, 5.74) is 2.50. The second kappa shape index (κ2) is 6.66. The van der Waals surface area contributed by atoms with Crippen molar-refractivity contribution in [2.24, 2.45) is 0 Å². The van der Waals surface area contributed by atoms with Gasteiger partial charge in [-0.05, 0) is 11.1 Å². The van der Waals surface area contributed by atoms with Gasteiger partial charge in [0.15, 0.2) is 0 Å². The van der Waals surface area contributed by atoms with Crippen molar-refractivity contribution >= 4 is 0 Å². The van der Waals surface area contributed by atoms with Gasteiger partial charge in [-0.1, -0.05) is 60.7 Å². The molecule has 1 saturated heterocycles. The quantitative estimate of drug-likeness (QED) is 0.570. The van der Waals surface area contributed by atoms with E-state index in [0.717, 1.165) is 19.7 Å². The summed E-state index contributed by atoms with van der Waals surface area (Å²) >= 11 is 0. The van der Waals surface area contributed by atoms with E-state index in [-0.39, 0.29) is 6.10 Å². The molecular weight excluding hydrogens is 250 g/mol. The van der Waals surface area contributed by atoms with Crippen LogP contribution in [0.3, 0.4) is 0 Å². The second-order valence-electron chi connectivity index (χ2n) is 5.02. The molecule has 0 bridgehead atoms. The highest BCUT2D eigenvalue weighted by molar-refractivity contribution is 5.16. The van der Waals surface area contributed by atoms with Crippen molar-refractivity contribution in [3.63, 3.8) is 0 Å². The van der Waals surface area contributed by atoms with Gasteiger partial charge < -0.3 is 4.74 Å². The van der Waals surface area contributed by atoms with E-state index < -0.39 is 0 Å². The number of hydrogen-bond acceptors (Lipinski definition) is 3. The Balaban J connectivity index is 1.63. The standard InChI is InChI=1S/C17H19NO2/c1-3-7-15(8-4-1)11-18(20-14-17-13-19-17)12-16-9-5-2-6-10-16/h1-10,17H,11-14H2. The lowest BCUT2D eigenvalue weighted by Crippen LogP contribution is -2.25. The van der Waals surface area contributed by atoms with Crippen LogP contribution in [-0.4, -0.2) is 24.4 Å². The highest BCUT2D eigenvalue weighted by atomic mass is 16.7. The molecule has 104 valence electrons. The summed E-state index contributed by atoms with van der Waals surface area (Å²) in [6.07, 6.45) is 0.282. The van der Waals surface area contributed by atoms with Gasteiger partial charge in [-0.15, -0.1) is 0 Å². The molecule has 3 nitrogen and oxygen atoms in total.